The summed E-state index contributed by atoms with van der Waals surface area (Å²) in [6, 6.07) is -0.553. The lowest BCUT2D eigenvalue weighted by Crippen LogP contribution is -2.57. The zero-order chi connectivity index (χ0) is 14.6. The fourth-order valence-electron chi connectivity index (χ4n) is 1.85. The predicted molar refractivity (Wildman–Crippen MR) is 68.6 cm³/mol. The summed E-state index contributed by atoms with van der Waals surface area (Å²) in [5.74, 6) is -1.36. The summed E-state index contributed by atoms with van der Waals surface area (Å²) in [6.07, 6.45) is 1.59. The number of carboxylic acid groups (broad SMARTS) is 1. The second-order valence-corrected chi connectivity index (χ2v) is 5.02. The van der Waals surface area contributed by atoms with Crippen LogP contribution < -0.4 is 10.6 Å². The maximum atomic E-state index is 11.9. The van der Waals surface area contributed by atoms with E-state index in [0.717, 1.165) is 12.8 Å². The van der Waals surface area contributed by atoms with Gasteiger partial charge in [0, 0.05) is 13.6 Å². The minimum Gasteiger partial charge on any atom is -0.480 e. The molecule has 3 amide bonds. The molecule has 0 spiro atoms. The van der Waals surface area contributed by atoms with Crippen LogP contribution in [0, 0.1) is 5.92 Å². The number of hydrogen-bond acceptors (Lipinski definition) is 3. The molecule has 3 N–H and O–H groups in total. The third-order valence-corrected chi connectivity index (χ3v) is 3.31. The third kappa shape index (κ3) is 3.84. The molecule has 0 aromatic heterocycles. The second-order valence-electron chi connectivity index (χ2n) is 5.02. The van der Waals surface area contributed by atoms with E-state index in [1.165, 1.54) is 18.9 Å². The molecule has 0 bridgehead atoms. The maximum absolute atomic E-state index is 11.9. The number of nitrogens with zero attached hydrogens (tertiary/aromatic N) is 1. The lowest BCUT2D eigenvalue weighted by Gasteiger charge is -2.29. The first-order valence-electron chi connectivity index (χ1n) is 6.34. The largest absolute Gasteiger partial charge is 0.480 e. The predicted octanol–water partition coefficient (Wildman–Crippen LogP) is 0.0172. The van der Waals surface area contributed by atoms with E-state index in [1.54, 1.807) is 6.92 Å². The highest BCUT2D eigenvalue weighted by Gasteiger charge is 2.49. The van der Waals surface area contributed by atoms with E-state index in [1.807, 2.05) is 0 Å². The Morgan fingerprint density at radius 2 is 1.95 bits per heavy atom. The van der Waals surface area contributed by atoms with Crippen LogP contribution in [0.2, 0.25) is 0 Å². The Bertz CT molecular complexity index is 381. The molecule has 1 atom stereocenters. The van der Waals surface area contributed by atoms with Gasteiger partial charge in [0.1, 0.15) is 12.1 Å². The van der Waals surface area contributed by atoms with Gasteiger partial charge in [-0.05, 0) is 32.6 Å². The highest BCUT2D eigenvalue weighted by molar-refractivity contribution is 5.88. The second kappa shape index (κ2) is 5.90. The van der Waals surface area contributed by atoms with Gasteiger partial charge in [0.25, 0.3) is 0 Å². The van der Waals surface area contributed by atoms with Crippen molar-refractivity contribution in [1.82, 2.24) is 15.5 Å². The van der Waals surface area contributed by atoms with E-state index >= 15 is 0 Å². The number of rotatable bonds is 6. The average Bonchev–Trinajstić information content (AvgIpc) is 3.12. The van der Waals surface area contributed by atoms with E-state index in [-0.39, 0.29) is 18.4 Å². The number of urea groups is 1. The van der Waals surface area contributed by atoms with Crippen LogP contribution in [0.3, 0.4) is 0 Å². The molecule has 1 aliphatic rings. The number of nitrogens with one attached hydrogen (secondary N) is 2. The Kier molecular flexibility index (Phi) is 4.74. The van der Waals surface area contributed by atoms with Crippen molar-refractivity contribution < 1.29 is 19.5 Å². The van der Waals surface area contributed by atoms with Crippen LogP contribution in [0.5, 0.6) is 0 Å². The summed E-state index contributed by atoms with van der Waals surface area (Å²) < 4.78 is 0. The number of carboxylic acids is 1. The van der Waals surface area contributed by atoms with Crippen molar-refractivity contribution >= 4 is 17.9 Å². The highest BCUT2D eigenvalue weighted by atomic mass is 16.4. The van der Waals surface area contributed by atoms with Gasteiger partial charge in [-0.1, -0.05) is 0 Å². The van der Waals surface area contributed by atoms with Gasteiger partial charge in [0.15, 0.2) is 0 Å². The molecule has 1 fully saturated rings. The zero-order valence-corrected chi connectivity index (χ0v) is 11.5. The number of hydrogen-bond donors (Lipinski definition) is 3. The fraction of sp³-hybridized carbons (Fsp3) is 0.750. The molecule has 0 aliphatic heterocycles. The number of likely N-dealkylation sites (N-methyl/N-ethyl adjacent to an activating group) is 2. The molecule has 1 saturated carbocycles. The lowest BCUT2D eigenvalue weighted by molar-refractivity contribution is -0.144. The molecule has 0 aromatic rings. The van der Waals surface area contributed by atoms with E-state index in [9.17, 15) is 19.5 Å². The quantitative estimate of drug-likeness (QED) is 0.634. The Morgan fingerprint density at radius 3 is 2.37 bits per heavy atom. The highest BCUT2D eigenvalue weighted by Crippen LogP contribution is 2.39. The van der Waals surface area contributed by atoms with Gasteiger partial charge in [-0.3, -0.25) is 4.79 Å². The summed E-state index contributed by atoms with van der Waals surface area (Å²) in [5.41, 5.74) is -1.26. The van der Waals surface area contributed by atoms with Gasteiger partial charge in [0.05, 0.1) is 0 Å². The molecular formula is C12H21N3O4. The molecule has 0 radical (unpaired) electrons. The first-order chi connectivity index (χ1) is 8.81. The molecule has 1 unspecified atom stereocenters. The van der Waals surface area contributed by atoms with Gasteiger partial charge in [0.2, 0.25) is 5.91 Å². The van der Waals surface area contributed by atoms with Crippen LogP contribution in [0.4, 0.5) is 4.79 Å². The number of amides is 3. The number of aliphatic carboxylic acids is 1. The fourth-order valence-corrected chi connectivity index (χ4v) is 1.85. The Morgan fingerprint density at radius 1 is 1.37 bits per heavy atom. The van der Waals surface area contributed by atoms with Gasteiger partial charge >= 0.3 is 12.0 Å². The van der Waals surface area contributed by atoms with Crippen LogP contribution in [0.25, 0.3) is 0 Å². The molecule has 0 saturated heterocycles. The Labute approximate surface area is 112 Å². The van der Waals surface area contributed by atoms with E-state index in [0.29, 0.717) is 6.54 Å². The van der Waals surface area contributed by atoms with Gasteiger partial charge in [-0.2, -0.15) is 0 Å². The molecule has 7 heteroatoms. The maximum Gasteiger partial charge on any atom is 0.329 e. The SMILES string of the molecule is CCNC(=O)CN(C)C(=O)NC(C)(C(=O)O)C1CC1. The Balaban J connectivity index is 2.57. The summed E-state index contributed by atoms with van der Waals surface area (Å²) in [6.45, 7) is 3.68. The monoisotopic (exact) mass is 271 g/mol. The molecule has 108 valence electrons. The van der Waals surface area contributed by atoms with Crippen LogP contribution in [-0.2, 0) is 9.59 Å². The van der Waals surface area contributed by atoms with Crippen molar-refractivity contribution in [2.24, 2.45) is 5.92 Å². The average molecular weight is 271 g/mol. The summed E-state index contributed by atoms with van der Waals surface area (Å²) in [7, 11) is 1.46. The number of carbonyl (C=O) groups is 3. The van der Waals surface area contributed by atoms with Crippen molar-refractivity contribution in [2.75, 3.05) is 20.1 Å². The first-order valence-corrected chi connectivity index (χ1v) is 6.34. The molecular weight excluding hydrogens is 250 g/mol. The van der Waals surface area contributed by atoms with E-state index < -0.39 is 17.5 Å². The summed E-state index contributed by atoms with van der Waals surface area (Å²) >= 11 is 0. The molecule has 0 aromatic carbocycles. The van der Waals surface area contributed by atoms with Gasteiger partial charge in [-0.25, -0.2) is 9.59 Å². The minimum absolute atomic E-state index is 0.0354. The van der Waals surface area contributed by atoms with Crippen molar-refractivity contribution in [3.8, 4) is 0 Å². The van der Waals surface area contributed by atoms with Crippen molar-refractivity contribution in [1.29, 1.82) is 0 Å². The first kappa shape index (κ1) is 15.3. The van der Waals surface area contributed by atoms with Crippen molar-refractivity contribution in [2.45, 2.75) is 32.2 Å². The summed E-state index contributed by atoms with van der Waals surface area (Å²) in [4.78, 5) is 35.7. The normalized spacial score (nSPS) is 17.2. The minimum atomic E-state index is -1.26. The van der Waals surface area contributed by atoms with Crippen LogP contribution >= 0.6 is 0 Å². The van der Waals surface area contributed by atoms with Crippen molar-refractivity contribution in [3.05, 3.63) is 0 Å². The smallest absolute Gasteiger partial charge is 0.329 e. The van der Waals surface area contributed by atoms with Gasteiger partial charge in [-0.15, -0.1) is 0 Å². The lowest BCUT2D eigenvalue weighted by atomic mass is 9.96. The molecule has 1 rings (SSSR count). The van der Waals surface area contributed by atoms with Crippen LogP contribution in [0.1, 0.15) is 26.7 Å². The number of carbonyl (C=O) groups excluding carboxylic acids is 2. The van der Waals surface area contributed by atoms with Crippen LogP contribution in [-0.4, -0.2) is 53.6 Å². The standard InChI is InChI=1S/C12H21N3O4/c1-4-13-9(16)7-15(3)11(19)14-12(2,10(17)18)8-5-6-8/h8H,4-7H2,1-3H3,(H,13,16)(H,14,19)(H,17,18). The molecule has 19 heavy (non-hydrogen) atoms. The zero-order valence-electron chi connectivity index (χ0n) is 11.5. The van der Waals surface area contributed by atoms with E-state index in [4.69, 9.17) is 0 Å². The third-order valence-electron chi connectivity index (χ3n) is 3.31. The van der Waals surface area contributed by atoms with Crippen LogP contribution in [0.15, 0.2) is 0 Å². The molecule has 7 nitrogen and oxygen atoms in total. The molecule has 1 aliphatic carbocycles. The van der Waals surface area contributed by atoms with E-state index in [2.05, 4.69) is 10.6 Å². The Hall–Kier alpha value is -1.79. The topological polar surface area (TPSA) is 98.7 Å². The van der Waals surface area contributed by atoms with Crippen molar-refractivity contribution in [3.63, 3.8) is 0 Å². The molecule has 0 heterocycles. The van der Waals surface area contributed by atoms with Gasteiger partial charge < -0.3 is 20.6 Å². The summed E-state index contributed by atoms with van der Waals surface area (Å²) in [5, 5.41) is 14.3.